The van der Waals surface area contributed by atoms with Crippen molar-refractivity contribution in [3.8, 4) is 5.75 Å². The lowest BCUT2D eigenvalue weighted by atomic mass is 10.1. The van der Waals surface area contributed by atoms with Crippen LogP contribution < -0.4 is 20.7 Å². The maximum absolute atomic E-state index is 12.3. The van der Waals surface area contributed by atoms with E-state index < -0.39 is 0 Å². The molecule has 0 radical (unpaired) electrons. The molecule has 0 aliphatic rings. The van der Waals surface area contributed by atoms with E-state index in [1.54, 1.807) is 24.3 Å². The Kier molecular flexibility index (Phi) is 8.98. The molecule has 29 heavy (non-hydrogen) atoms. The summed E-state index contributed by atoms with van der Waals surface area (Å²) < 4.78 is 10.9. The van der Waals surface area contributed by atoms with Gasteiger partial charge in [-0.1, -0.05) is 12.1 Å². The van der Waals surface area contributed by atoms with Crippen LogP contribution >= 0.6 is 0 Å². The molecule has 2 aromatic rings. The summed E-state index contributed by atoms with van der Waals surface area (Å²) in [7, 11) is 0. The molecule has 156 valence electrons. The topological polar surface area (TPSA) is 88.7 Å². The number of ether oxygens (including phenoxy) is 2. The molecule has 0 aliphatic heterocycles. The number of carbonyl (C=O) groups is 2. The lowest BCUT2D eigenvalue weighted by Crippen LogP contribution is -2.30. The second-order valence-corrected chi connectivity index (χ2v) is 6.68. The highest BCUT2D eigenvalue weighted by molar-refractivity contribution is 5.98. The Labute approximate surface area is 171 Å². The molecule has 0 bridgehead atoms. The maximum atomic E-state index is 12.3. The van der Waals surface area contributed by atoms with E-state index in [0.717, 1.165) is 5.69 Å². The van der Waals surface area contributed by atoms with Gasteiger partial charge in [0.05, 0.1) is 13.2 Å². The zero-order valence-electron chi connectivity index (χ0n) is 17.2. The Morgan fingerprint density at radius 3 is 2.52 bits per heavy atom. The first kappa shape index (κ1) is 22.2. The van der Waals surface area contributed by atoms with Gasteiger partial charge in [0.25, 0.3) is 5.91 Å². The van der Waals surface area contributed by atoms with Gasteiger partial charge in [-0.3, -0.25) is 9.59 Å². The normalized spacial score (nSPS) is 10.5. The highest BCUT2D eigenvalue weighted by atomic mass is 16.5. The molecule has 0 aromatic heterocycles. The number of nitrogens with one attached hydrogen (secondary N) is 3. The lowest BCUT2D eigenvalue weighted by molar-refractivity contribution is -0.114. The molecule has 2 aromatic carbocycles. The van der Waals surface area contributed by atoms with Crippen molar-refractivity contribution in [3.05, 3.63) is 54.1 Å². The van der Waals surface area contributed by atoms with Crippen LogP contribution in [0.5, 0.6) is 5.75 Å². The van der Waals surface area contributed by atoms with Gasteiger partial charge in [-0.25, -0.2) is 0 Å². The van der Waals surface area contributed by atoms with Crippen LogP contribution in [0.4, 0.5) is 11.4 Å². The van der Waals surface area contributed by atoms with Crippen LogP contribution in [0.25, 0.3) is 0 Å². The van der Waals surface area contributed by atoms with Crippen molar-refractivity contribution in [2.45, 2.75) is 26.8 Å². The number of benzene rings is 2. The molecule has 0 heterocycles. The smallest absolute Gasteiger partial charge is 0.251 e. The Balaban J connectivity index is 1.85. The fourth-order valence-electron chi connectivity index (χ4n) is 2.53. The first-order valence-electron chi connectivity index (χ1n) is 9.73. The third-order valence-corrected chi connectivity index (χ3v) is 3.82. The van der Waals surface area contributed by atoms with E-state index in [-0.39, 0.29) is 24.4 Å². The highest BCUT2D eigenvalue weighted by Crippen LogP contribution is 2.17. The summed E-state index contributed by atoms with van der Waals surface area (Å²) in [5.74, 6) is 0.323. The van der Waals surface area contributed by atoms with Gasteiger partial charge >= 0.3 is 0 Å². The average Bonchev–Trinajstić information content (AvgIpc) is 2.70. The summed E-state index contributed by atoms with van der Waals surface area (Å²) in [6.07, 6.45) is 0. The van der Waals surface area contributed by atoms with Crippen molar-refractivity contribution in [1.29, 1.82) is 0 Å². The molecule has 0 fully saturated rings. The zero-order valence-corrected chi connectivity index (χ0v) is 17.2. The molecule has 7 heteroatoms. The van der Waals surface area contributed by atoms with Crippen molar-refractivity contribution in [2.24, 2.45) is 0 Å². The van der Waals surface area contributed by atoms with Crippen LogP contribution in [0.15, 0.2) is 48.5 Å². The van der Waals surface area contributed by atoms with Crippen molar-refractivity contribution in [2.75, 3.05) is 37.0 Å². The number of rotatable bonds is 11. The molecule has 7 nitrogen and oxygen atoms in total. The molecular weight excluding hydrogens is 370 g/mol. The number of amides is 2. The van der Waals surface area contributed by atoms with E-state index in [4.69, 9.17) is 9.47 Å². The first-order valence-corrected chi connectivity index (χ1v) is 9.73. The number of carbonyl (C=O) groups excluding carboxylic acids is 2. The van der Waals surface area contributed by atoms with Gasteiger partial charge in [-0.2, -0.15) is 0 Å². The van der Waals surface area contributed by atoms with Crippen LogP contribution in [0.2, 0.25) is 0 Å². The SMILES string of the molecule is CCOCCOc1cccc(NCC(=O)Nc2cccc(C(=O)NC(C)C)c2)c1. The summed E-state index contributed by atoms with van der Waals surface area (Å²) in [5.41, 5.74) is 1.85. The van der Waals surface area contributed by atoms with Gasteiger partial charge in [0, 0.05) is 35.7 Å². The molecular formula is C22H29N3O4. The third-order valence-electron chi connectivity index (χ3n) is 3.82. The first-order chi connectivity index (χ1) is 14.0. The Hall–Kier alpha value is -3.06. The number of anilines is 2. The summed E-state index contributed by atoms with van der Waals surface area (Å²) in [6.45, 7) is 7.48. The van der Waals surface area contributed by atoms with Gasteiger partial charge in [0.1, 0.15) is 12.4 Å². The van der Waals surface area contributed by atoms with Crippen molar-refractivity contribution < 1.29 is 19.1 Å². The molecule has 0 atom stereocenters. The van der Waals surface area contributed by atoms with E-state index in [9.17, 15) is 9.59 Å². The fraction of sp³-hybridized carbons (Fsp3) is 0.364. The standard InChI is InChI=1S/C22H29N3O4/c1-4-28-11-12-29-20-10-6-8-18(14-20)23-15-21(26)25-19-9-5-7-17(13-19)22(27)24-16(2)3/h5-10,13-14,16,23H,4,11-12,15H2,1-3H3,(H,24,27)(H,25,26). The molecule has 2 amide bonds. The quantitative estimate of drug-likeness (QED) is 0.505. The van der Waals surface area contributed by atoms with Crippen molar-refractivity contribution in [1.82, 2.24) is 5.32 Å². The van der Waals surface area contributed by atoms with Gasteiger partial charge in [0.2, 0.25) is 5.91 Å². The highest BCUT2D eigenvalue weighted by Gasteiger charge is 2.09. The minimum absolute atomic E-state index is 0.0452. The van der Waals surface area contributed by atoms with E-state index in [1.165, 1.54) is 0 Å². The summed E-state index contributed by atoms with van der Waals surface area (Å²) in [4.78, 5) is 24.3. The average molecular weight is 399 g/mol. The summed E-state index contributed by atoms with van der Waals surface area (Å²) in [5, 5.41) is 8.69. The molecule has 2 rings (SSSR count). The van der Waals surface area contributed by atoms with Gasteiger partial charge in [-0.15, -0.1) is 0 Å². The predicted molar refractivity (Wildman–Crippen MR) is 115 cm³/mol. The Bertz CT molecular complexity index is 808. The second kappa shape index (κ2) is 11.7. The van der Waals surface area contributed by atoms with Crippen LogP contribution in [0.3, 0.4) is 0 Å². The molecule has 0 unspecified atom stereocenters. The molecule has 0 saturated carbocycles. The van der Waals surface area contributed by atoms with E-state index >= 15 is 0 Å². The minimum atomic E-state index is -0.214. The fourth-order valence-corrected chi connectivity index (χ4v) is 2.53. The maximum Gasteiger partial charge on any atom is 0.251 e. The van der Waals surface area contributed by atoms with Crippen LogP contribution in [-0.2, 0) is 9.53 Å². The summed E-state index contributed by atoms with van der Waals surface area (Å²) >= 11 is 0. The van der Waals surface area contributed by atoms with Crippen LogP contribution in [-0.4, -0.2) is 44.2 Å². The largest absolute Gasteiger partial charge is 0.491 e. The van der Waals surface area contributed by atoms with Gasteiger partial charge in [0.15, 0.2) is 0 Å². The molecule has 3 N–H and O–H groups in total. The second-order valence-electron chi connectivity index (χ2n) is 6.68. The van der Waals surface area contributed by atoms with E-state index in [1.807, 2.05) is 45.0 Å². The Morgan fingerprint density at radius 2 is 1.76 bits per heavy atom. The predicted octanol–water partition coefficient (Wildman–Crippen LogP) is 3.29. The molecule has 0 aliphatic carbocycles. The third kappa shape index (κ3) is 8.23. The summed E-state index contributed by atoms with van der Waals surface area (Å²) in [6, 6.07) is 14.3. The molecule has 0 spiro atoms. The number of hydrogen-bond donors (Lipinski definition) is 3. The minimum Gasteiger partial charge on any atom is -0.491 e. The van der Waals surface area contributed by atoms with Gasteiger partial charge < -0.3 is 25.4 Å². The van der Waals surface area contributed by atoms with Crippen LogP contribution in [0, 0.1) is 0 Å². The van der Waals surface area contributed by atoms with Crippen molar-refractivity contribution in [3.63, 3.8) is 0 Å². The zero-order chi connectivity index (χ0) is 21.1. The Morgan fingerprint density at radius 1 is 1.00 bits per heavy atom. The van der Waals surface area contributed by atoms with Gasteiger partial charge in [-0.05, 0) is 51.1 Å². The molecule has 0 saturated heterocycles. The van der Waals surface area contributed by atoms with Crippen LogP contribution in [0.1, 0.15) is 31.1 Å². The van der Waals surface area contributed by atoms with E-state index in [2.05, 4.69) is 16.0 Å². The van der Waals surface area contributed by atoms with Crippen molar-refractivity contribution >= 4 is 23.2 Å². The monoisotopic (exact) mass is 399 g/mol. The van der Waals surface area contributed by atoms with E-state index in [0.29, 0.717) is 36.8 Å². The number of hydrogen-bond acceptors (Lipinski definition) is 5. The lowest BCUT2D eigenvalue weighted by Gasteiger charge is -2.12.